The average molecular weight is 284 g/mol. The second-order valence-electron chi connectivity index (χ2n) is 5.69. The number of aliphatic hydroxyl groups is 2. The third-order valence-corrected chi connectivity index (χ3v) is 4.38. The van der Waals surface area contributed by atoms with Crippen molar-refractivity contribution in [3.05, 3.63) is 11.6 Å². The molecule has 4 atom stereocenters. The van der Waals surface area contributed by atoms with Crippen molar-refractivity contribution in [2.75, 3.05) is 7.11 Å². The number of aliphatic hydroxyl groups excluding tert-OH is 2. The molecule has 0 aromatic carbocycles. The molecule has 20 heavy (non-hydrogen) atoms. The van der Waals surface area contributed by atoms with Crippen molar-refractivity contribution in [2.45, 2.75) is 62.3 Å². The van der Waals surface area contributed by atoms with Crippen molar-refractivity contribution >= 4 is 5.97 Å². The summed E-state index contributed by atoms with van der Waals surface area (Å²) in [6, 6.07) is 0. The molecule has 2 fully saturated rings. The number of ether oxygens (including phenoxy) is 3. The highest BCUT2D eigenvalue weighted by molar-refractivity contribution is 5.90. The number of rotatable bonds is 1. The third kappa shape index (κ3) is 2.16. The van der Waals surface area contributed by atoms with Crippen LogP contribution in [-0.2, 0) is 19.0 Å². The highest BCUT2D eigenvalue weighted by Gasteiger charge is 2.54. The number of hydrogen-bond acceptors (Lipinski definition) is 6. The lowest BCUT2D eigenvalue weighted by Crippen LogP contribution is -2.48. The molecule has 3 rings (SSSR count). The molecule has 6 heteroatoms. The molecule has 0 bridgehead atoms. The van der Waals surface area contributed by atoms with Crippen molar-refractivity contribution in [1.29, 1.82) is 0 Å². The maximum Gasteiger partial charge on any atom is 0.336 e. The summed E-state index contributed by atoms with van der Waals surface area (Å²) >= 11 is 0. The van der Waals surface area contributed by atoms with E-state index in [0.717, 1.165) is 32.1 Å². The van der Waals surface area contributed by atoms with Gasteiger partial charge >= 0.3 is 5.97 Å². The van der Waals surface area contributed by atoms with Gasteiger partial charge in [-0.15, -0.1) is 0 Å². The van der Waals surface area contributed by atoms with Crippen molar-refractivity contribution in [1.82, 2.24) is 0 Å². The minimum absolute atomic E-state index is 0.0395. The zero-order valence-corrected chi connectivity index (χ0v) is 11.4. The minimum Gasteiger partial charge on any atom is -0.466 e. The van der Waals surface area contributed by atoms with Crippen LogP contribution in [-0.4, -0.2) is 53.5 Å². The molecule has 2 aliphatic carbocycles. The first-order valence-electron chi connectivity index (χ1n) is 7.08. The Bertz CT molecular complexity index is 425. The molecule has 0 aromatic heterocycles. The Morgan fingerprint density at radius 1 is 1.30 bits per heavy atom. The van der Waals surface area contributed by atoms with Crippen molar-refractivity contribution in [3.63, 3.8) is 0 Å². The summed E-state index contributed by atoms with van der Waals surface area (Å²) < 4.78 is 16.5. The van der Waals surface area contributed by atoms with Crippen LogP contribution >= 0.6 is 0 Å². The average Bonchev–Trinajstić information content (AvgIpc) is 2.81. The standard InChI is InChI=1S/C14H20O6/c1-18-13(17)8-7-9-12(11(16)10(8)15)20-14(19-9)5-3-2-4-6-14/h7,9-12,15-16H,2-6H2,1H3/t9-,10+,11+,12-/m0/s1. The van der Waals surface area contributed by atoms with Gasteiger partial charge in [0.15, 0.2) is 5.79 Å². The number of methoxy groups -OCH3 is 1. The summed E-state index contributed by atoms with van der Waals surface area (Å²) in [5.41, 5.74) is 0.0395. The van der Waals surface area contributed by atoms with Crippen LogP contribution in [0.25, 0.3) is 0 Å². The SMILES string of the molecule is COC(=O)C1=C[C@@H]2OC3(CCCCC3)O[C@@H]2[C@H](O)[C@@H]1O. The molecule has 1 aliphatic heterocycles. The molecule has 1 saturated heterocycles. The van der Waals surface area contributed by atoms with Gasteiger partial charge in [-0.25, -0.2) is 4.79 Å². The van der Waals surface area contributed by atoms with Crippen LogP contribution in [0.5, 0.6) is 0 Å². The number of esters is 1. The van der Waals surface area contributed by atoms with E-state index in [2.05, 4.69) is 4.74 Å². The van der Waals surface area contributed by atoms with Crippen LogP contribution in [0.4, 0.5) is 0 Å². The Hall–Kier alpha value is -0.950. The fraction of sp³-hybridized carbons (Fsp3) is 0.786. The molecule has 112 valence electrons. The first kappa shape index (κ1) is 14.0. The topological polar surface area (TPSA) is 85.2 Å². The normalized spacial score (nSPS) is 39.2. The summed E-state index contributed by atoms with van der Waals surface area (Å²) in [5, 5.41) is 20.2. The highest BCUT2D eigenvalue weighted by Crippen LogP contribution is 2.44. The number of hydrogen-bond donors (Lipinski definition) is 2. The van der Waals surface area contributed by atoms with E-state index in [1.54, 1.807) is 0 Å². The number of fused-ring (bicyclic) bond motifs is 1. The Kier molecular flexibility index (Phi) is 3.58. The molecular weight excluding hydrogens is 264 g/mol. The molecule has 1 heterocycles. The maximum absolute atomic E-state index is 11.6. The maximum atomic E-state index is 11.6. The smallest absolute Gasteiger partial charge is 0.336 e. The molecule has 2 N–H and O–H groups in total. The molecule has 0 amide bonds. The number of carbonyl (C=O) groups is 1. The molecule has 0 aromatic rings. The Morgan fingerprint density at radius 3 is 2.65 bits per heavy atom. The lowest BCUT2D eigenvalue weighted by Gasteiger charge is -2.32. The first-order valence-corrected chi connectivity index (χ1v) is 7.08. The highest BCUT2D eigenvalue weighted by atomic mass is 16.8. The predicted molar refractivity (Wildman–Crippen MR) is 67.7 cm³/mol. The zero-order chi connectivity index (χ0) is 14.3. The van der Waals surface area contributed by atoms with E-state index in [1.807, 2.05) is 0 Å². The second kappa shape index (κ2) is 5.11. The predicted octanol–water partition coefficient (Wildman–Crippen LogP) is 0.266. The van der Waals surface area contributed by atoms with Gasteiger partial charge in [0.1, 0.15) is 24.4 Å². The fourth-order valence-corrected chi connectivity index (χ4v) is 3.32. The molecule has 1 saturated carbocycles. The van der Waals surface area contributed by atoms with Gasteiger partial charge in [-0.1, -0.05) is 6.42 Å². The van der Waals surface area contributed by atoms with Crippen LogP contribution in [0.15, 0.2) is 11.6 Å². The van der Waals surface area contributed by atoms with Crippen molar-refractivity contribution in [3.8, 4) is 0 Å². The molecular formula is C14H20O6. The second-order valence-corrected chi connectivity index (χ2v) is 5.69. The molecule has 6 nitrogen and oxygen atoms in total. The number of carbonyl (C=O) groups excluding carboxylic acids is 1. The molecule has 0 radical (unpaired) electrons. The summed E-state index contributed by atoms with van der Waals surface area (Å²) in [4.78, 5) is 11.6. The Balaban J connectivity index is 1.85. The summed E-state index contributed by atoms with van der Waals surface area (Å²) in [7, 11) is 1.24. The van der Waals surface area contributed by atoms with Crippen molar-refractivity contribution in [2.24, 2.45) is 0 Å². The van der Waals surface area contributed by atoms with Crippen molar-refractivity contribution < 1.29 is 29.2 Å². The lowest BCUT2D eigenvalue weighted by atomic mass is 9.89. The van der Waals surface area contributed by atoms with Gasteiger partial charge in [0.25, 0.3) is 0 Å². The van der Waals surface area contributed by atoms with Gasteiger partial charge in [-0.2, -0.15) is 0 Å². The van der Waals surface area contributed by atoms with Crippen LogP contribution < -0.4 is 0 Å². The van der Waals surface area contributed by atoms with E-state index >= 15 is 0 Å². The zero-order valence-electron chi connectivity index (χ0n) is 11.4. The van der Waals surface area contributed by atoms with E-state index in [0.29, 0.717) is 0 Å². The minimum atomic E-state index is -1.30. The summed E-state index contributed by atoms with van der Waals surface area (Å²) in [5.74, 6) is -1.32. The van der Waals surface area contributed by atoms with Crippen LogP contribution in [0.2, 0.25) is 0 Å². The van der Waals surface area contributed by atoms with Gasteiger partial charge in [0, 0.05) is 12.8 Å². The molecule has 3 aliphatic rings. The Labute approximate surface area is 117 Å². The van der Waals surface area contributed by atoms with Gasteiger partial charge in [0.05, 0.1) is 12.7 Å². The van der Waals surface area contributed by atoms with E-state index in [-0.39, 0.29) is 5.57 Å². The van der Waals surface area contributed by atoms with Gasteiger partial charge in [-0.3, -0.25) is 0 Å². The quantitative estimate of drug-likeness (QED) is 0.672. The van der Waals surface area contributed by atoms with Gasteiger partial charge in [0.2, 0.25) is 0 Å². The van der Waals surface area contributed by atoms with Gasteiger partial charge in [-0.05, 0) is 18.9 Å². The monoisotopic (exact) mass is 284 g/mol. The van der Waals surface area contributed by atoms with E-state index < -0.39 is 36.2 Å². The van der Waals surface area contributed by atoms with Crippen LogP contribution in [0, 0.1) is 0 Å². The molecule has 0 unspecified atom stereocenters. The van der Waals surface area contributed by atoms with Crippen LogP contribution in [0.3, 0.4) is 0 Å². The van der Waals surface area contributed by atoms with E-state index in [1.165, 1.54) is 13.2 Å². The first-order chi connectivity index (χ1) is 9.56. The van der Waals surface area contributed by atoms with Gasteiger partial charge < -0.3 is 24.4 Å². The Morgan fingerprint density at radius 2 is 2.00 bits per heavy atom. The lowest BCUT2D eigenvalue weighted by molar-refractivity contribution is -0.200. The third-order valence-electron chi connectivity index (χ3n) is 4.38. The summed E-state index contributed by atoms with van der Waals surface area (Å²) in [6.45, 7) is 0. The molecule has 1 spiro atoms. The largest absolute Gasteiger partial charge is 0.466 e. The van der Waals surface area contributed by atoms with Crippen LogP contribution in [0.1, 0.15) is 32.1 Å². The summed E-state index contributed by atoms with van der Waals surface area (Å²) in [6.07, 6.45) is 2.66. The van der Waals surface area contributed by atoms with E-state index in [9.17, 15) is 15.0 Å². The fourth-order valence-electron chi connectivity index (χ4n) is 3.32. The van der Waals surface area contributed by atoms with E-state index in [4.69, 9.17) is 9.47 Å².